The predicted octanol–water partition coefficient (Wildman–Crippen LogP) is 8.12. The van der Waals surface area contributed by atoms with Crippen LogP contribution in [-0.2, 0) is 29.9 Å². The van der Waals surface area contributed by atoms with Crippen molar-refractivity contribution in [2.45, 2.75) is 43.4 Å². The van der Waals surface area contributed by atoms with Crippen molar-refractivity contribution in [2.75, 3.05) is 36.0 Å². The van der Waals surface area contributed by atoms with Crippen molar-refractivity contribution in [3.05, 3.63) is 130 Å². The number of benzene rings is 3. The monoisotopic (exact) mass is 918 g/mol. The van der Waals surface area contributed by atoms with Crippen molar-refractivity contribution < 1.29 is 44.7 Å². The van der Waals surface area contributed by atoms with Crippen molar-refractivity contribution >= 4 is 44.3 Å². The van der Waals surface area contributed by atoms with E-state index in [0.717, 1.165) is 35.3 Å². The number of amides is 2. The van der Waals surface area contributed by atoms with Crippen LogP contribution in [0.5, 0.6) is 0 Å². The topological polar surface area (TPSA) is 151 Å². The third kappa shape index (κ3) is 7.80. The summed E-state index contributed by atoms with van der Waals surface area (Å²) in [5.74, 6) is -10.3. The molecule has 1 aliphatic heterocycles. The highest BCUT2D eigenvalue weighted by Crippen LogP contribution is 2.68. The molecule has 7 aromatic rings. The number of carbonyl (C=O) groups is 2. The van der Waals surface area contributed by atoms with E-state index >= 15 is 8.78 Å². The standard InChI is InChI=1S/C44H34F8N10O2S/c45-24-13-21(14-25(46)17-24)15-32(56-34(63)20-62-38-35(37(59-62)44(50,51)52)28-18-30(28)43(38,48)49)36-27(23-3-6-31(47)29(16-23)39(53)64)19-33-41(57-36)58-42(65-33)61-11-9-60(10-12-61)26-4-1-22(2-5-26)40-54-7-8-55-40/h1-8,13-14,16-17,19,28,30,32H,9-12,15,18,20H2,(H2,53,64)(H,54,55)(H,56,63)/t28?,30-,32+/m1/s1. The largest absolute Gasteiger partial charge is 0.435 e. The molecule has 5 heterocycles. The summed E-state index contributed by atoms with van der Waals surface area (Å²) in [7, 11) is 0. The van der Waals surface area contributed by atoms with Gasteiger partial charge in [0.15, 0.2) is 16.5 Å². The minimum absolute atomic E-state index is 0.00883. The lowest BCUT2D eigenvalue weighted by Crippen LogP contribution is -2.46. The summed E-state index contributed by atoms with van der Waals surface area (Å²) in [6.45, 7) is 1.33. The van der Waals surface area contributed by atoms with Gasteiger partial charge >= 0.3 is 6.18 Å². The molecule has 334 valence electrons. The average molecular weight is 919 g/mol. The molecule has 65 heavy (non-hydrogen) atoms. The van der Waals surface area contributed by atoms with Crippen LogP contribution in [0.2, 0.25) is 0 Å². The van der Waals surface area contributed by atoms with E-state index in [1.165, 1.54) is 23.5 Å². The average Bonchev–Trinajstić information content (AvgIpc) is 3.56. The van der Waals surface area contributed by atoms with E-state index in [1.807, 2.05) is 24.3 Å². The van der Waals surface area contributed by atoms with Gasteiger partial charge in [-0.3, -0.25) is 14.3 Å². The number of rotatable bonds is 11. The summed E-state index contributed by atoms with van der Waals surface area (Å²) in [5, 5.41) is 6.69. The van der Waals surface area contributed by atoms with Crippen molar-refractivity contribution in [1.82, 2.24) is 35.0 Å². The number of aromatic nitrogens is 6. The number of hydrogen-bond acceptors (Lipinski definition) is 9. The molecule has 0 radical (unpaired) electrons. The zero-order chi connectivity index (χ0) is 45.5. The molecule has 12 nitrogen and oxygen atoms in total. The molecule has 4 aromatic heterocycles. The number of imidazole rings is 1. The molecule has 4 N–H and O–H groups in total. The number of nitrogens with one attached hydrogen (secondary N) is 2. The maximum atomic E-state index is 15.5. The Bertz CT molecular complexity index is 2980. The number of hydrogen-bond donors (Lipinski definition) is 3. The molecule has 2 aliphatic carbocycles. The van der Waals surface area contributed by atoms with E-state index in [-0.39, 0.29) is 40.9 Å². The fraction of sp³-hybridized carbons (Fsp3) is 0.273. The molecule has 21 heteroatoms. The van der Waals surface area contributed by atoms with Gasteiger partial charge in [0.05, 0.1) is 22.0 Å². The van der Waals surface area contributed by atoms with Crippen LogP contribution in [0.15, 0.2) is 79.1 Å². The Balaban J connectivity index is 1.01. The zero-order valence-corrected chi connectivity index (χ0v) is 34.5. The Morgan fingerprint density at radius 3 is 2.31 bits per heavy atom. The Kier molecular flexibility index (Phi) is 10.1. The molecular weight excluding hydrogens is 885 g/mol. The number of thiazole rings is 1. The van der Waals surface area contributed by atoms with Gasteiger partial charge in [-0.1, -0.05) is 17.4 Å². The summed E-state index contributed by atoms with van der Waals surface area (Å²) < 4.78 is 118. The van der Waals surface area contributed by atoms with E-state index < -0.39 is 88.3 Å². The van der Waals surface area contributed by atoms with Crippen LogP contribution in [0.25, 0.3) is 32.9 Å². The minimum atomic E-state index is -5.08. The predicted molar refractivity (Wildman–Crippen MR) is 223 cm³/mol. The van der Waals surface area contributed by atoms with E-state index in [4.69, 9.17) is 15.7 Å². The first-order valence-electron chi connectivity index (χ1n) is 20.3. The van der Waals surface area contributed by atoms with Gasteiger partial charge in [-0.15, -0.1) is 0 Å². The number of alkyl halides is 5. The van der Waals surface area contributed by atoms with E-state index in [0.29, 0.717) is 46.8 Å². The van der Waals surface area contributed by atoms with Crippen LogP contribution in [0.4, 0.5) is 45.9 Å². The van der Waals surface area contributed by atoms with Crippen molar-refractivity contribution in [2.24, 2.45) is 11.7 Å². The summed E-state index contributed by atoms with van der Waals surface area (Å²) in [6.07, 6.45) is -2.19. The Morgan fingerprint density at radius 1 is 0.923 bits per heavy atom. The zero-order valence-electron chi connectivity index (χ0n) is 33.6. The third-order valence-corrected chi connectivity index (χ3v) is 13.1. The molecule has 1 saturated heterocycles. The number of nitrogens with zero attached hydrogens (tertiary/aromatic N) is 7. The molecule has 0 bridgehead atoms. The van der Waals surface area contributed by atoms with Crippen LogP contribution < -0.4 is 20.9 Å². The SMILES string of the molecule is NC(=O)c1cc(-c2cc3sc(N4CCN(c5ccc(-c6ncc[nH]6)cc5)CC4)nc3nc2[C@H](Cc2cc(F)cc(F)c2)NC(=O)Cn2nc(C(F)(F)F)c3c2C(F)(F)[C@@H]2CC32)ccc1F. The van der Waals surface area contributed by atoms with Gasteiger partial charge in [-0.25, -0.2) is 23.1 Å². The maximum Gasteiger partial charge on any atom is 0.435 e. The second kappa shape index (κ2) is 15.7. The number of aromatic amines is 1. The highest BCUT2D eigenvalue weighted by Gasteiger charge is 2.68. The highest BCUT2D eigenvalue weighted by molar-refractivity contribution is 7.22. The van der Waals surface area contributed by atoms with E-state index in [9.17, 15) is 35.9 Å². The number of carbonyl (C=O) groups excluding carboxylic acids is 2. The fourth-order valence-electron chi connectivity index (χ4n) is 8.94. The summed E-state index contributed by atoms with van der Waals surface area (Å²) in [5.41, 5.74) is 4.43. The summed E-state index contributed by atoms with van der Waals surface area (Å²) in [6, 6.07) is 14.4. The highest BCUT2D eigenvalue weighted by atomic mass is 32.1. The number of anilines is 2. The first-order chi connectivity index (χ1) is 31.0. The smallest absolute Gasteiger partial charge is 0.368 e. The first-order valence-corrected chi connectivity index (χ1v) is 21.1. The van der Waals surface area contributed by atoms with Crippen LogP contribution in [-0.4, -0.2) is 67.7 Å². The maximum absolute atomic E-state index is 15.5. The van der Waals surface area contributed by atoms with Gasteiger partial charge < -0.3 is 25.8 Å². The Hall–Kier alpha value is -6.90. The summed E-state index contributed by atoms with van der Waals surface area (Å²) >= 11 is 1.28. The van der Waals surface area contributed by atoms with Crippen molar-refractivity contribution in [3.8, 4) is 22.5 Å². The number of primary amides is 1. The Morgan fingerprint density at radius 2 is 1.63 bits per heavy atom. The number of nitrogens with two attached hydrogens (primary N) is 1. The normalized spacial score (nSPS) is 18.2. The van der Waals surface area contributed by atoms with Crippen LogP contribution in [0.3, 0.4) is 0 Å². The molecule has 1 unspecified atom stereocenters. The molecule has 2 fully saturated rings. The quantitative estimate of drug-likeness (QED) is 0.110. The van der Waals surface area contributed by atoms with Gasteiger partial charge in [0.2, 0.25) is 5.91 Å². The molecule has 3 aliphatic rings. The third-order valence-electron chi connectivity index (χ3n) is 12.0. The second-order valence-electron chi connectivity index (χ2n) is 16.2. The molecule has 10 rings (SSSR count). The lowest BCUT2D eigenvalue weighted by Gasteiger charge is -2.36. The van der Waals surface area contributed by atoms with Gasteiger partial charge in [-0.05, 0) is 84.5 Å². The second-order valence-corrected chi connectivity index (χ2v) is 17.2. The van der Waals surface area contributed by atoms with Gasteiger partial charge in [0.1, 0.15) is 35.5 Å². The number of fused-ring (bicyclic) bond motifs is 4. The molecule has 3 atom stereocenters. The van der Waals surface area contributed by atoms with E-state index in [1.54, 1.807) is 18.5 Å². The lowest BCUT2D eigenvalue weighted by atomic mass is 9.94. The van der Waals surface area contributed by atoms with Crippen molar-refractivity contribution in [3.63, 3.8) is 0 Å². The number of halogens is 8. The molecule has 0 spiro atoms. The van der Waals surface area contributed by atoms with Crippen molar-refractivity contribution in [1.29, 1.82) is 0 Å². The molecule has 2 amide bonds. The number of piperazine rings is 1. The van der Waals surface area contributed by atoms with Gasteiger partial charge in [-0.2, -0.15) is 32.0 Å². The molecule has 3 aromatic carbocycles. The van der Waals surface area contributed by atoms with Gasteiger partial charge in [0, 0.05) is 72.9 Å². The molecular formula is C44H34F8N10O2S. The summed E-state index contributed by atoms with van der Waals surface area (Å²) in [4.78, 5) is 47.6. The fourth-order valence-corrected chi connectivity index (χ4v) is 9.94. The Labute approximate surface area is 367 Å². The van der Waals surface area contributed by atoms with Gasteiger partial charge in [0.25, 0.3) is 11.8 Å². The number of pyridine rings is 1. The number of H-pyrrole nitrogens is 1. The van der Waals surface area contributed by atoms with Crippen LogP contribution in [0.1, 0.15) is 56.9 Å². The first kappa shape index (κ1) is 42.1. The van der Waals surface area contributed by atoms with Crippen LogP contribution in [0, 0.1) is 23.4 Å². The van der Waals surface area contributed by atoms with Crippen LogP contribution >= 0.6 is 11.3 Å². The lowest BCUT2D eigenvalue weighted by molar-refractivity contribution is -0.142. The minimum Gasteiger partial charge on any atom is -0.368 e. The van der Waals surface area contributed by atoms with E-state index in [2.05, 4.69) is 30.2 Å². The molecule has 1 saturated carbocycles.